The quantitative estimate of drug-likeness (QED) is 0.298. The Balaban J connectivity index is 1.84. The van der Waals surface area contributed by atoms with Crippen molar-refractivity contribution in [3.05, 3.63) is 98.1 Å². The van der Waals surface area contributed by atoms with Crippen molar-refractivity contribution in [2.24, 2.45) is 0 Å². The van der Waals surface area contributed by atoms with Gasteiger partial charge >= 0.3 is 0 Å². The average Bonchev–Trinajstić information content (AvgIpc) is 3.00. The van der Waals surface area contributed by atoms with Gasteiger partial charge in [-0.2, -0.15) is 0 Å². The summed E-state index contributed by atoms with van der Waals surface area (Å²) in [4.78, 5) is 32.8. The van der Waals surface area contributed by atoms with Gasteiger partial charge in [0.05, 0.1) is 27.9 Å². The smallest absolute Gasteiger partial charge is 0.266 e. The second kappa shape index (κ2) is 7.21. The Hall–Kier alpha value is -3.26. The number of anilines is 1. The number of fused-ring (bicyclic) bond motifs is 2. The summed E-state index contributed by atoms with van der Waals surface area (Å²) in [6.45, 7) is 0. The first-order valence-corrected chi connectivity index (χ1v) is 10.5. The van der Waals surface area contributed by atoms with Gasteiger partial charge in [0.15, 0.2) is 0 Å². The molecule has 0 radical (unpaired) electrons. The van der Waals surface area contributed by atoms with Crippen LogP contribution in [0.4, 0.5) is 5.69 Å². The van der Waals surface area contributed by atoms with Gasteiger partial charge in [0, 0.05) is 16.2 Å². The SMILES string of the molecule is CN1C(=O)C(=Cc2nc3ccc(I)cc3c(=O)n2-c2ccccc2)c2ccccc21. The molecule has 3 aromatic carbocycles. The molecule has 1 amide bonds. The highest BCUT2D eigenvalue weighted by molar-refractivity contribution is 14.1. The molecule has 0 saturated heterocycles. The molecule has 5 nitrogen and oxygen atoms in total. The van der Waals surface area contributed by atoms with E-state index >= 15 is 0 Å². The number of carbonyl (C=O) groups excluding carboxylic acids is 1. The van der Waals surface area contributed by atoms with E-state index in [0.717, 1.165) is 14.8 Å². The second-order valence-corrected chi connectivity index (χ2v) is 8.29. The number of nitrogens with zero attached hydrogens (tertiary/aromatic N) is 3. The van der Waals surface area contributed by atoms with Crippen molar-refractivity contribution in [1.29, 1.82) is 0 Å². The lowest BCUT2D eigenvalue weighted by Crippen LogP contribution is -2.23. The molecule has 0 fully saturated rings. The van der Waals surface area contributed by atoms with Gasteiger partial charge in [-0.1, -0.05) is 36.4 Å². The summed E-state index contributed by atoms with van der Waals surface area (Å²) in [7, 11) is 1.75. The third-order valence-electron chi connectivity index (χ3n) is 5.23. The first-order valence-electron chi connectivity index (χ1n) is 9.41. The third-order valence-corrected chi connectivity index (χ3v) is 5.91. The fourth-order valence-electron chi connectivity index (χ4n) is 3.77. The molecule has 0 atom stereocenters. The molecule has 4 aromatic rings. The van der Waals surface area contributed by atoms with Crippen LogP contribution in [0.15, 0.2) is 77.6 Å². The van der Waals surface area contributed by atoms with Crippen molar-refractivity contribution < 1.29 is 4.79 Å². The van der Waals surface area contributed by atoms with Gasteiger partial charge in [-0.3, -0.25) is 14.2 Å². The van der Waals surface area contributed by atoms with Gasteiger partial charge < -0.3 is 4.90 Å². The predicted octanol–water partition coefficient (Wildman–Crippen LogP) is 4.51. The molecule has 6 heteroatoms. The summed E-state index contributed by atoms with van der Waals surface area (Å²) in [6.07, 6.45) is 1.72. The molecule has 0 saturated carbocycles. The summed E-state index contributed by atoms with van der Waals surface area (Å²) >= 11 is 2.19. The molecule has 0 spiro atoms. The van der Waals surface area contributed by atoms with E-state index in [0.29, 0.717) is 28.0 Å². The molecule has 0 N–H and O–H groups in total. The molecule has 1 aliphatic heterocycles. The monoisotopic (exact) mass is 505 g/mol. The minimum atomic E-state index is -0.163. The van der Waals surface area contributed by atoms with Crippen molar-refractivity contribution in [1.82, 2.24) is 9.55 Å². The molecule has 0 aliphatic carbocycles. The van der Waals surface area contributed by atoms with Gasteiger partial charge in [-0.15, -0.1) is 0 Å². The van der Waals surface area contributed by atoms with Crippen LogP contribution in [0.5, 0.6) is 0 Å². The topological polar surface area (TPSA) is 55.2 Å². The Morgan fingerprint density at radius 3 is 2.47 bits per heavy atom. The van der Waals surface area contributed by atoms with Crippen LogP contribution in [0, 0.1) is 3.57 Å². The molecule has 1 aromatic heterocycles. The van der Waals surface area contributed by atoms with Crippen LogP contribution in [0.3, 0.4) is 0 Å². The number of benzene rings is 3. The van der Waals surface area contributed by atoms with Crippen molar-refractivity contribution in [2.75, 3.05) is 11.9 Å². The number of amides is 1. The van der Waals surface area contributed by atoms with Crippen molar-refractivity contribution in [3.63, 3.8) is 0 Å². The molecule has 1 aliphatic rings. The highest BCUT2D eigenvalue weighted by atomic mass is 127. The Labute approximate surface area is 186 Å². The number of rotatable bonds is 2. The largest absolute Gasteiger partial charge is 0.311 e. The van der Waals surface area contributed by atoms with E-state index in [1.165, 1.54) is 0 Å². The Morgan fingerprint density at radius 2 is 1.67 bits per heavy atom. The van der Waals surface area contributed by atoms with Crippen molar-refractivity contribution >= 4 is 56.7 Å². The molecule has 5 rings (SSSR count). The van der Waals surface area contributed by atoms with Gasteiger partial charge in [0.2, 0.25) is 0 Å². The molecule has 0 unspecified atom stereocenters. The van der Waals surface area contributed by atoms with E-state index in [1.54, 1.807) is 22.6 Å². The molecule has 146 valence electrons. The minimum Gasteiger partial charge on any atom is -0.311 e. The number of halogens is 1. The van der Waals surface area contributed by atoms with Crippen LogP contribution in [-0.2, 0) is 4.79 Å². The predicted molar refractivity (Wildman–Crippen MR) is 128 cm³/mol. The first kappa shape index (κ1) is 18.7. The van der Waals surface area contributed by atoms with Gasteiger partial charge in [-0.25, -0.2) is 4.98 Å². The fraction of sp³-hybridized carbons (Fsp3) is 0.0417. The third kappa shape index (κ3) is 2.95. The minimum absolute atomic E-state index is 0.118. The van der Waals surface area contributed by atoms with E-state index in [4.69, 9.17) is 4.98 Å². The first-order chi connectivity index (χ1) is 14.5. The Kier molecular flexibility index (Phi) is 4.51. The standard InChI is InChI=1S/C24H16IN3O2/c1-27-21-10-6-5-9-17(21)18(23(27)29)14-22-26-20-12-11-15(25)13-19(20)24(30)28(22)16-7-3-2-4-8-16/h2-14H,1H3. The van der Waals surface area contributed by atoms with Gasteiger partial charge in [0.25, 0.3) is 11.5 Å². The normalized spacial score (nSPS) is 14.5. The molecular weight excluding hydrogens is 489 g/mol. The summed E-state index contributed by atoms with van der Waals surface area (Å²) in [5.41, 5.74) is 3.35. The average molecular weight is 505 g/mol. The fourth-order valence-corrected chi connectivity index (χ4v) is 4.26. The summed E-state index contributed by atoms with van der Waals surface area (Å²) in [5.74, 6) is 0.307. The highest BCUT2D eigenvalue weighted by Crippen LogP contribution is 2.36. The Bertz CT molecular complexity index is 1410. The lowest BCUT2D eigenvalue weighted by molar-refractivity contribution is -0.112. The molecule has 30 heavy (non-hydrogen) atoms. The zero-order valence-electron chi connectivity index (χ0n) is 16.0. The second-order valence-electron chi connectivity index (χ2n) is 7.05. The van der Waals surface area contributed by atoms with Crippen molar-refractivity contribution in [3.8, 4) is 5.69 Å². The maximum Gasteiger partial charge on any atom is 0.266 e. The van der Waals surface area contributed by atoms with Crippen LogP contribution in [0.1, 0.15) is 11.4 Å². The van der Waals surface area contributed by atoms with Gasteiger partial charge in [0.1, 0.15) is 5.82 Å². The van der Waals surface area contributed by atoms with E-state index in [9.17, 15) is 9.59 Å². The van der Waals surface area contributed by atoms with Crippen LogP contribution in [-0.4, -0.2) is 22.5 Å². The van der Waals surface area contributed by atoms with Crippen LogP contribution >= 0.6 is 22.6 Å². The van der Waals surface area contributed by atoms with Gasteiger partial charge in [-0.05, 0) is 65.1 Å². The number of para-hydroxylation sites is 2. The van der Waals surface area contributed by atoms with Crippen LogP contribution in [0.25, 0.3) is 28.2 Å². The molecule has 0 bridgehead atoms. The molecular formula is C24H16IN3O2. The zero-order valence-corrected chi connectivity index (χ0v) is 18.2. The lowest BCUT2D eigenvalue weighted by Gasteiger charge is -2.12. The van der Waals surface area contributed by atoms with Crippen LogP contribution in [0.2, 0.25) is 0 Å². The van der Waals surface area contributed by atoms with E-state index in [-0.39, 0.29) is 11.5 Å². The highest BCUT2D eigenvalue weighted by Gasteiger charge is 2.29. The summed E-state index contributed by atoms with van der Waals surface area (Å²) in [6, 6.07) is 22.6. The zero-order chi connectivity index (χ0) is 20.8. The lowest BCUT2D eigenvalue weighted by atomic mass is 10.1. The Morgan fingerprint density at radius 1 is 0.933 bits per heavy atom. The van der Waals surface area contributed by atoms with E-state index in [1.807, 2.05) is 72.8 Å². The van der Waals surface area contributed by atoms with Crippen molar-refractivity contribution in [2.45, 2.75) is 0 Å². The maximum atomic E-state index is 13.5. The van der Waals surface area contributed by atoms with E-state index < -0.39 is 0 Å². The number of hydrogen-bond acceptors (Lipinski definition) is 3. The molecule has 2 heterocycles. The number of carbonyl (C=O) groups is 1. The van der Waals surface area contributed by atoms with Crippen LogP contribution < -0.4 is 10.5 Å². The maximum absolute atomic E-state index is 13.5. The number of likely N-dealkylation sites (N-methyl/N-ethyl adjacent to an activating group) is 1. The van der Waals surface area contributed by atoms with E-state index in [2.05, 4.69) is 22.6 Å². The number of aromatic nitrogens is 2. The summed E-state index contributed by atoms with van der Waals surface area (Å²) in [5, 5.41) is 0.545. The number of hydrogen-bond donors (Lipinski definition) is 0. The summed E-state index contributed by atoms with van der Waals surface area (Å²) < 4.78 is 2.53.